The smallest absolute Gasteiger partial charge is 0.345 e. The lowest BCUT2D eigenvalue weighted by atomic mass is 10.4. The first-order chi connectivity index (χ1) is 5.65. The predicted molar refractivity (Wildman–Crippen MR) is 40.6 cm³/mol. The van der Waals surface area contributed by atoms with Crippen LogP contribution in [0.1, 0.15) is 0 Å². The Morgan fingerprint density at radius 2 is 2.42 bits per heavy atom. The Hall–Kier alpha value is -1.14. The number of aromatic nitrogens is 3. The van der Waals surface area contributed by atoms with Gasteiger partial charge >= 0.3 is 5.69 Å². The van der Waals surface area contributed by atoms with E-state index in [0.717, 1.165) is 4.68 Å². The van der Waals surface area contributed by atoms with Crippen LogP contribution in [-0.2, 0) is 13.6 Å². The Bertz CT molecular complexity index is 303. The zero-order valence-corrected chi connectivity index (χ0v) is 6.71. The molecule has 6 heteroatoms. The van der Waals surface area contributed by atoms with E-state index < -0.39 is 6.10 Å². The van der Waals surface area contributed by atoms with E-state index in [2.05, 4.69) is 5.10 Å². The fourth-order valence-electron chi connectivity index (χ4n) is 0.803. The van der Waals surface area contributed by atoms with Crippen LogP contribution in [0.15, 0.2) is 11.1 Å². The highest BCUT2D eigenvalue weighted by atomic mass is 16.3. The van der Waals surface area contributed by atoms with Gasteiger partial charge in [0.1, 0.15) is 6.33 Å². The van der Waals surface area contributed by atoms with Gasteiger partial charge in [0.25, 0.3) is 0 Å². The van der Waals surface area contributed by atoms with Crippen molar-refractivity contribution in [3.8, 4) is 0 Å². The molecular formula is C6H11N3O3. The lowest BCUT2D eigenvalue weighted by Gasteiger charge is -2.04. The minimum absolute atomic E-state index is 0.0240. The number of hydrogen-bond acceptors (Lipinski definition) is 4. The molecule has 1 unspecified atom stereocenters. The summed E-state index contributed by atoms with van der Waals surface area (Å²) in [7, 11) is 1.57. The van der Waals surface area contributed by atoms with Gasteiger partial charge in [0.2, 0.25) is 0 Å². The van der Waals surface area contributed by atoms with Crippen molar-refractivity contribution < 1.29 is 10.2 Å². The van der Waals surface area contributed by atoms with Crippen LogP contribution in [0.2, 0.25) is 0 Å². The first kappa shape index (κ1) is 8.95. The average molecular weight is 173 g/mol. The summed E-state index contributed by atoms with van der Waals surface area (Å²) in [4.78, 5) is 11.1. The molecule has 0 aromatic carbocycles. The van der Waals surface area contributed by atoms with Gasteiger partial charge in [-0.1, -0.05) is 0 Å². The van der Waals surface area contributed by atoms with Crippen LogP contribution in [-0.4, -0.2) is 37.3 Å². The zero-order chi connectivity index (χ0) is 9.14. The summed E-state index contributed by atoms with van der Waals surface area (Å²) in [5.74, 6) is 0. The normalized spacial score (nSPS) is 13.2. The maximum absolute atomic E-state index is 11.1. The predicted octanol–water partition coefficient (Wildman–Crippen LogP) is -2.06. The number of aliphatic hydroxyl groups excluding tert-OH is 2. The van der Waals surface area contributed by atoms with E-state index in [1.54, 1.807) is 7.05 Å². The van der Waals surface area contributed by atoms with Crippen LogP contribution >= 0.6 is 0 Å². The van der Waals surface area contributed by atoms with Gasteiger partial charge in [0.15, 0.2) is 0 Å². The Morgan fingerprint density at radius 3 is 2.83 bits per heavy atom. The van der Waals surface area contributed by atoms with E-state index in [1.807, 2.05) is 0 Å². The van der Waals surface area contributed by atoms with Crippen molar-refractivity contribution in [2.45, 2.75) is 12.6 Å². The van der Waals surface area contributed by atoms with Gasteiger partial charge in [0, 0.05) is 7.05 Å². The molecule has 0 saturated heterocycles. The third-order valence-electron chi connectivity index (χ3n) is 1.48. The zero-order valence-electron chi connectivity index (χ0n) is 6.71. The number of nitrogens with zero attached hydrogens (tertiary/aromatic N) is 3. The standard InChI is InChI=1S/C6H11N3O3/c1-8-4-7-9(6(8)12)2-5(11)3-10/h4-5,10-11H,2-3H2,1H3. The van der Waals surface area contributed by atoms with E-state index >= 15 is 0 Å². The summed E-state index contributed by atoms with van der Waals surface area (Å²) in [5, 5.41) is 21.2. The fraction of sp³-hybridized carbons (Fsp3) is 0.667. The molecule has 1 rings (SSSR count). The largest absolute Gasteiger partial charge is 0.394 e. The first-order valence-corrected chi connectivity index (χ1v) is 3.52. The van der Waals surface area contributed by atoms with Crippen LogP contribution < -0.4 is 5.69 Å². The summed E-state index contributed by atoms with van der Waals surface area (Å²) < 4.78 is 2.39. The third kappa shape index (κ3) is 1.72. The van der Waals surface area contributed by atoms with Gasteiger partial charge < -0.3 is 10.2 Å². The molecule has 1 atom stereocenters. The van der Waals surface area contributed by atoms with E-state index in [9.17, 15) is 4.79 Å². The van der Waals surface area contributed by atoms with E-state index in [0.29, 0.717) is 0 Å². The molecular weight excluding hydrogens is 162 g/mol. The van der Waals surface area contributed by atoms with Gasteiger partial charge in [0.05, 0.1) is 19.3 Å². The molecule has 1 aromatic heterocycles. The molecule has 0 saturated carbocycles. The highest BCUT2D eigenvalue weighted by Crippen LogP contribution is 1.84. The molecule has 0 amide bonds. The summed E-state index contributed by atoms with van der Waals surface area (Å²) in [6.45, 7) is -0.348. The molecule has 2 N–H and O–H groups in total. The second kappa shape index (κ2) is 3.51. The van der Waals surface area contributed by atoms with Gasteiger partial charge in [-0.25, -0.2) is 9.48 Å². The van der Waals surface area contributed by atoms with Crippen molar-refractivity contribution >= 4 is 0 Å². The Morgan fingerprint density at radius 1 is 1.75 bits per heavy atom. The Labute approximate surface area is 68.7 Å². The second-order valence-electron chi connectivity index (χ2n) is 2.54. The monoisotopic (exact) mass is 173 g/mol. The Kier molecular flexibility index (Phi) is 2.61. The van der Waals surface area contributed by atoms with Crippen LogP contribution in [0.25, 0.3) is 0 Å². The van der Waals surface area contributed by atoms with Crippen molar-refractivity contribution in [3.63, 3.8) is 0 Å². The summed E-state index contributed by atoms with van der Waals surface area (Å²) >= 11 is 0. The van der Waals surface area contributed by atoms with Crippen molar-refractivity contribution in [3.05, 3.63) is 16.8 Å². The maximum Gasteiger partial charge on any atom is 0.345 e. The minimum Gasteiger partial charge on any atom is -0.394 e. The van der Waals surface area contributed by atoms with Crippen molar-refractivity contribution in [2.75, 3.05) is 6.61 Å². The van der Waals surface area contributed by atoms with Crippen LogP contribution in [0.4, 0.5) is 0 Å². The number of aryl methyl sites for hydroxylation is 1. The highest BCUT2D eigenvalue weighted by molar-refractivity contribution is 4.66. The highest BCUT2D eigenvalue weighted by Gasteiger charge is 2.07. The molecule has 6 nitrogen and oxygen atoms in total. The number of hydrogen-bond donors (Lipinski definition) is 2. The SMILES string of the molecule is Cn1cnn(CC(O)CO)c1=O. The lowest BCUT2D eigenvalue weighted by molar-refractivity contribution is 0.0772. The fourth-order valence-corrected chi connectivity index (χ4v) is 0.803. The number of rotatable bonds is 3. The average Bonchev–Trinajstić information content (AvgIpc) is 2.36. The van der Waals surface area contributed by atoms with E-state index in [-0.39, 0.29) is 18.8 Å². The molecule has 0 fully saturated rings. The van der Waals surface area contributed by atoms with Crippen molar-refractivity contribution in [1.82, 2.24) is 14.3 Å². The molecule has 68 valence electrons. The molecule has 0 radical (unpaired) electrons. The van der Waals surface area contributed by atoms with Gasteiger partial charge in [-0.05, 0) is 0 Å². The van der Waals surface area contributed by atoms with Crippen molar-refractivity contribution in [2.24, 2.45) is 7.05 Å². The summed E-state index contributed by atoms with van der Waals surface area (Å²) in [5.41, 5.74) is -0.303. The molecule has 0 spiro atoms. The molecule has 1 heterocycles. The first-order valence-electron chi connectivity index (χ1n) is 3.52. The quantitative estimate of drug-likeness (QED) is 0.550. The van der Waals surface area contributed by atoms with Crippen LogP contribution in [0, 0.1) is 0 Å². The summed E-state index contributed by atoms with van der Waals surface area (Å²) in [6, 6.07) is 0. The van der Waals surface area contributed by atoms with Gasteiger partial charge in [-0.2, -0.15) is 5.10 Å². The minimum atomic E-state index is -0.933. The van der Waals surface area contributed by atoms with Crippen LogP contribution in [0.5, 0.6) is 0 Å². The van der Waals surface area contributed by atoms with Gasteiger partial charge in [-0.15, -0.1) is 0 Å². The molecule has 12 heavy (non-hydrogen) atoms. The van der Waals surface area contributed by atoms with Gasteiger partial charge in [-0.3, -0.25) is 4.57 Å². The van der Waals surface area contributed by atoms with E-state index in [1.165, 1.54) is 10.9 Å². The molecule has 0 aliphatic carbocycles. The molecule has 0 aliphatic heterocycles. The topological polar surface area (TPSA) is 80.3 Å². The third-order valence-corrected chi connectivity index (χ3v) is 1.48. The van der Waals surface area contributed by atoms with Crippen molar-refractivity contribution in [1.29, 1.82) is 0 Å². The molecule has 0 bridgehead atoms. The maximum atomic E-state index is 11.1. The molecule has 1 aromatic rings. The second-order valence-corrected chi connectivity index (χ2v) is 2.54. The van der Waals surface area contributed by atoms with Crippen LogP contribution in [0.3, 0.4) is 0 Å². The number of aliphatic hydroxyl groups is 2. The lowest BCUT2D eigenvalue weighted by Crippen LogP contribution is -2.29. The van der Waals surface area contributed by atoms with E-state index in [4.69, 9.17) is 10.2 Å². The summed E-state index contributed by atoms with van der Waals surface area (Å²) in [6.07, 6.45) is 0.421. The molecule has 0 aliphatic rings. The Balaban J connectivity index is 2.76.